The topological polar surface area (TPSA) is 12.0 Å². The van der Waals surface area contributed by atoms with Crippen molar-refractivity contribution in [1.82, 2.24) is 5.32 Å². The molecular formula is C18H35N. The van der Waals surface area contributed by atoms with Crippen molar-refractivity contribution < 1.29 is 0 Å². The van der Waals surface area contributed by atoms with Crippen LogP contribution in [0.4, 0.5) is 0 Å². The predicted octanol–water partition coefficient (Wildman–Crippen LogP) is 5.15. The van der Waals surface area contributed by atoms with Crippen molar-refractivity contribution in [2.24, 2.45) is 17.8 Å². The van der Waals surface area contributed by atoms with E-state index in [1.165, 1.54) is 77.2 Å². The first kappa shape index (κ1) is 15.4. The van der Waals surface area contributed by atoms with Crippen molar-refractivity contribution in [2.45, 2.75) is 90.5 Å². The molecule has 1 nitrogen and oxygen atoms in total. The normalized spacial score (nSPS) is 36.6. The van der Waals surface area contributed by atoms with E-state index in [1.807, 2.05) is 0 Å². The molecule has 0 aromatic heterocycles. The molecule has 1 N–H and O–H groups in total. The summed E-state index contributed by atoms with van der Waals surface area (Å²) in [5.74, 6) is 2.85. The maximum atomic E-state index is 3.76. The first-order valence-corrected chi connectivity index (χ1v) is 9.00. The Hall–Kier alpha value is -0.0400. The van der Waals surface area contributed by atoms with Gasteiger partial charge in [0.1, 0.15) is 0 Å². The Balaban J connectivity index is 1.83. The summed E-state index contributed by atoms with van der Waals surface area (Å²) < 4.78 is 0. The number of hydrogen-bond acceptors (Lipinski definition) is 1. The lowest BCUT2D eigenvalue weighted by Crippen LogP contribution is -2.44. The Morgan fingerprint density at radius 2 is 1.21 bits per heavy atom. The van der Waals surface area contributed by atoms with Crippen LogP contribution in [-0.4, -0.2) is 12.6 Å². The van der Waals surface area contributed by atoms with Crippen LogP contribution in [0.5, 0.6) is 0 Å². The van der Waals surface area contributed by atoms with Crippen LogP contribution in [0, 0.1) is 17.8 Å². The quantitative estimate of drug-likeness (QED) is 0.691. The van der Waals surface area contributed by atoms with Gasteiger partial charge in [-0.3, -0.25) is 0 Å². The standard InChI is InChI=1S/C18H35N/c1-15-13-18(14-19-16(15)2)17-11-9-7-5-3-4-6-8-10-12-17/h15-19H,3-14H2,1-2H3. The van der Waals surface area contributed by atoms with E-state index in [1.54, 1.807) is 0 Å². The molecule has 1 saturated carbocycles. The molecule has 0 amide bonds. The van der Waals surface area contributed by atoms with Gasteiger partial charge >= 0.3 is 0 Å². The second-order valence-corrected chi connectivity index (χ2v) is 7.34. The highest BCUT2D eigenvalue weighted by molar-refractivity contribution is 4.84. The van der Waals surface area contributed by atoms with Gasteiger partial charge in [-0.25, -0.2) is 0 Å². The van der Waals surface area contributed by atoms with Gasteiger partial charge < -0.3 is 5.32 Å². The average molecular weight is 265 g/mol. The zero-order valence-corrected chi connectivity index (χ0v) is 13.3. The molecule has 0 aromatic rings. The lowest BCUT2D eigenvalue weighted by atomic mass is 9.75. The third-order valence-corrected chi connectivity index (χ3v) is 5.80. The van der Waals surface area contributed by atoms with Gasteiger partial charge in [-0.15, -0.1) is 0 Å². The van der Waals surface area contributed by atoms with Gasteiger partial charge in [0.2, 0.25) is 0 Å². The third kappa shape index (κ3) is 5.10. The molecule has 1 aliphatic carbocycles. The molecule has 2 aliphatic rings. The monoisotopic (exact) mass is 265 g/mol. The van der Waals surface area contributed by atoms with Gasteiger partial charge in [0.25, 0.3) is 0 Å². The first-order chi connectivity index (χ1) is 9.27. The van der Waals surface area contributed by atoms with Crippen LogP contribution >= 0.6 is 0 Å². The number of hydrogen-bond donors (Lipinski definition) is 1. The fourth-order valence-corrected chi connectivity index (χ4v) is 4.15. The highest BCUT2D eigenvalue weighted by Crippen LogP contribution is 2.33. The number of nitrogens with one attached hydrogen (secondary N) is 1. The Morgan fingerprint density at radius 1 is 0.684 bits per heavy atom. The summed E-state index contributed by atoms with van der Waals surface area (Å²) in [6, 6.07) is 0.735. The van der Waals surface area contributed by atoms with Crippen molar-refractivity contribution in [3.63, 3.8) is 0 Å². The molecule has 0 spiro atoms. The maximum absolute atomic E-state index is 3.76. The van der Waals surface area contributed by atoms with Gasteiger partial charge in [-0.1, -0.05) is 71.1 Å². The van der Waals surface area contributed by atoms with Crippen LogP contribution in [0.1, 0.15) is 84.5 Å². The smallest absolute Gasteiger partial charge is 0.00645 e. The Morgan fingerprint density at radius 3 is 1.74 bits per heavy atom. The molecule has 1 heterocycles. The van der Waals surface area contributed by atoms with Crippen LogP contribution in [0.2, 0.25) is 0 Å². The van der Waals surface area contributed by atoms with Crippen LogP contribution in [-0.2, 0) is 0 Å². The van der Waals surface area contributed by atoms with Crippen LogP contribution in [0.3, 0.4) is 0 Å². The SMILES string of the molecule is CC1CC(C2CCCCCCCCCC2)CNC1C. The second-order valence-electron chi connectivity index (χ2n) is 7.34. The molecule has 2 fully saturated rings. The molecule has 0 bridgehead atoms. The van der Waals surface area contributed by atoms with Crippen molar-refractivity contribution in [1.29, 1.82) is 0 Å². The van der Waals surface area contributed by atoms with Gasteiger partial charge in [-0.2, -0.15) is 0 Å². The minimum atomic E-state index is 0.735. The maximum Gasteiger partial charge on any atom is 0.00645 e. The van der Waals surface area contributed by atoms with Gasteiger partial charge in [0, 0.05) is 6.04 Å². The largest absolute Gasteiger partial charge is 0.314 e. The van der Waals surface area contributed by atoms with E-state index in [-0.39, 0.29) is 0 Å². The molecule has 3 atom stereocenters. The summed E-state index contributed by atoms with van der Waals surface area (Å²) in [6.45, 7) is 6.09. The van der Waals surface area contributed by atoms with Crippen molar-refractivity contribution in [3.05, 3.63) is 0 Å². The predicted molar refractivity (Wildman–Crippen MR) is 84.4 cm³/mol. The summed E-state index contributed by atoms with van der Waals surface area (Å²) in [5, 5.41) is 3.76. The molecular weight excluding hydrogens is 230 g/mol. The number of piperidine rings is 1. The highest BCUT2D eigenvalue weighted by atomic mass is 14.9. The van der Waals surface area contributed by atoms with Gasteiger partial charge in [-0.05, 0) is 37.6 Å². The molecule has 2 rings (SSSR count). The molecule has 1 heteroatoms. The summed E-state index contributed by atoms with van der Waals surface area (Å²) >= 11 is 0. The van der Waals surface area contributed by atoms with Crippen LogP contribution in [0.25, 0.3) is 0 Å². The summed E-state index contributed by atoms with van der Waals surface area (Å²) in [7, 11) is 0. The fourth-order valence-electron chi connectivity index (χ4n) is 4.15. The van der Waals surface area contributed by atoms with E-state index < -0.39 is 0 Å². The minimum Gasteiger partial charge on any atom is -0.314 e. The molecule has 112 valence electrons. The summed E-state index contributed by atoms with van der Waals surface area (Å²) in [5.41, 5.74) is 0. The van der Waals surface area contributed by atoms with Crippen LogP contribution in [0.15, 0.2) is 0 Å². The van der Waals surface area contributed by atoms with E-state index in [9.17, 15) is 0 Å². The molecule has 0 aromatic carbocycles. The Kier molecular flexibility index (Phi) is 6.70. The molecule has 1 saturated heterocycles. The van der Waals surface area contributed by atoms with Crippen molar-refractivity contribution in [2.75, 3.05) is 6.54 Å². The molecule has 1 aliphatic heterocycles. The Bertz CT molecular complexity index is 226. The van der Waals surface area contributed by atoms with E-state index in [4.69, 9.17) is 0 Å². The minimum absolute atomic E-state index is 0.735. The van der Waals surface area contributed by atoms with E-state index >= 15 is 0 Å². The van der Waals surface area contributed by atoms with Crippen molar-refractivity contribution in [3.8, 4) is 0 Å². The zero-order chi connectivity index (χ0) is 13.5. The van der Waals surface area contributed by atoms with E-state index in [0.29, 0.717) is 0 Å². The molecule has 0 radical (unpaired) electrons. The summed E-state index contributed by atoms with van der Waals surface area (Å²) in [4.78, 5) is 0. The lowest BCUT2D eigenvalue weighted by molar-refractivity contribution is 0.166. The highest BCUT2D eigenvalue weighted by Gasteiger charge is 2.29. The van der Waals surface area contributed by atoms with Crippen LogP contribution < -0.4 is 5.32 Å². The number of rotatable bonds is 1. The fraction of sp³-hybridized carbons (Fsp3) is 1.00. The lowest BCUT2D eigenvalue weighted by Gasteiger charge is -2.38. The van der Waals surface area contributed by atoms with Gasteiger partial charge in [0.15, 0.2) is 0 Å². The van der Waals surface area contributed by atoms with E-state index in [2.05, 4.69) is 19.2 Å². The Labute approximate surface area is 120 Å². The van der Waals surface area contributed by atoms with E-state index in [0.717, 1.165) is 23.8 Å². The second kappa shape index (κ2) is 8.29. The van der Waals surface area contributed by atoms with Gasteiger partial charge in [0.05, 0.1) is 0 Å². The molecule has 19 heavy (non-hydrogen) atoms. The zero-order valence-electron chi connectivity index (χ0n) is 13.3. The average Bonchev–Trinajstić information content (AvgIpc) is 2.47. The van der Waals surface area contributed by atoms with Crippen molar-refractivity contribution >= 4 is 0 Å². The molecule has 3 unspecified atom stereocenters. The first-order valence-electron chi connectivity index (χ1n) is 9.00. The summed E-state index contributed by atoms with van der Waals surface area (Å²) in [6.07, 6.45) is 16.4. The third-order valence-electron chi connectivity index (χ3n) is 5.80.